The molecule has 0 aromatic heterocycles. The maximum absolute atomic E-state index is 12.1. The lowest BCUT2D eigenvalue weighted by Crippen LogP contribution is -2.14. The molecule has 1 atom stereocenters. The summed E-state index contributed by atoms with van der Waals surface area (Å²) in [4.78, 5) is 23.1. The summed E-state index contributed by atoms with van der Waals surface area (Å²) in [7, 11) is 0. The summed E-state index contributed by atoms with van der Waals surface area (Å²) in [6.45, 7) is 2.47. The number of aryl methyl sites for hydroxylation is 1. The standard InChI is InChI=1S/C18H18N2O3/c1-12-3-2-4-13(9-12)10-17(21)20-15-7-5-14(6-8-15)16-11-19-18(22)23-16/h2-9,16H,10-11H2,1H3,(H,19,22)(H,20,21). The Morgan fingerprint density at radius 1 is 1.26 bits per heavy atom. The Bertz CT molecular complexity index is 725. The van der Waals surface area contributed by atoms with Crippen molar-refractivity contribution in [2.24, 2.45) is 0 Å². The first-order valence-corrected chi connectivity index (χ1v) is 7.50. The fraction of sp³-hybridized carbons (Fsp3) is 0.222. The van der Waals surface area contributed by atoms with Crippen LogP contribution in [0, 0.1) is 6.92 Å². The van der Waals surface area contributed by atoms with Crippen molar-refractivity contribution < 1.29 is 14.3 Å². The van der Waals surface area contributed by atoms with E-state index in [-0.39, 0.29) is 12.0 Å². The Kier molecular flexibility index (Phi) is 4.28. The topological polar surface area (TPSA) is 67.4 Å². The van der Waals surface area contributed by atoms with Crippen LogP contribution >= 0.6 is 0 Å². The summed E-state index contributed by atoms with van der Waals surface area (Å²) >= 11 is 0. The minimum absolute atomic E-state index is 0.0580. The summed E-state index contributed by atoms with van der Waals surface area (Å²) in [6, 6.07) is 15.2. The number of hydrogen-bond acceptors (Lipinski definition) is 3. The van der Waals surface area contributed by atoms with Gasteiger partial charge in [-0.15, -0.1) is 0 Å². The highest BCUT2D eigenvalue weighted by Crippen LogP contribution is 2.22. The van der Waals surface area contributed by atoms with Gasteiger partial charge in [0, 0.05) is 5.69 Å². The van der Waals surface area contributed by atoms with Crippen molar-refractivity contribution >= 4 is 17.7 Å². The molecule has 0 saturated carbocycles. The van der Waals surface area contributed by atoms with Crippen LogP contribution in [0.1, 0.15) is 22.8 Å². The number of amides is 2. The lowest BCUT2D eigenvalue weighted by Gasteiger charge is -2.10. The van der Waals surface area contributed by atoms with E-state index in [0.29, 0.717) is 13.0 Å². The van der Waals surface area contributed by atoms with Crippen molar-refractivity contribution in [3.05, 3.63) is 65.2 Å². The number of benzene rings is 2. The molecule has 1 saturated heterocycles. The highest BCUT2D eigenvalue weighted by molar-refractivity contribution is 5.92. The third kappa shape index (κ3) is 3.88. The molecule has 1 aliphatic heterocycles. The van der Waals surface area contributed by atoms with Gasteiger partial charge in [-0.1, -0.05) is 42.0 Å². The van der Waals surface area contributed by atoms with Gasteiger partial charge in [0.25, 0.3) is 0 Å². The van der Waals surface area contributed by atoms with Gasteiger partial charge in [0.2, 0.25) is 5.91 Å². The summed E-state index contributed by atoms with van der Waals surface area (Å²) in [6.07, 6.45) is -0.321. The number of nitrogens with one attached hydrogen (secondary N) is 2. The molecule has 0 bridgehead atoms. The van der Waals surface area contributed by atoms with Crippen molar-refractivity contribution in [2.75, 3.05) is 11.9 Å². The molecule has 5 heteroatoms. The highest BCUT2D eigenvalue weighted by atomic mass is 16.6. The molecule has 0 spiro atoms. The summed E-state index contributed by atoms with van der Waals surface area (Å²) < 4.78 is 5.12. The molecule has 1 heterocycles. The minimum Gasteiger partial charge on any atom is -0.439 e. The third-order valence-corrected chi connectivity index (χ3v) is 3.69. The Morgan fingerprint density at radius 2 is 2.04 bits per heavy atom. The zero-order valence-electron chi connectivity index (χ0n) is 12.8. The Morgan fingerprint density at radius 3 is 2.70 bits per heavy atom. The molecule has 1 fully saturated rings. The SMILES string of the molecule is Cc1cccc(CC(=O)Nc2ccc(C3CNC(=O)O3)cc2)c1. The Hall–Kier alpha value is -2.82. The average molecular weight is 310 g/mol. The average Bonchev–Trinajstić information content (AvgIpc) is 2.94. The molecule has 2 N–H and O–H groups in total. The van der Waals surface area contributed by atoms with E-state index < -0.39 is 6.09 Å². The van der Waals surface area contributed by atoms with Crippen molar-refractivity contribution in [1.82, 2.24) is 5.32 Å². The quantitative estimate of drug-likeness (QED) is 0.912. The smallest absolute Gasteiger partial charge is 0.407 e. The van der Waals surface area contributed by atoms with E-state index in [2.05, 4.69) is 10.6 Å². The van der Waals surface area contributed by atoms with Crippen LogP contribution in [0.5, 0.6) is 0 Å². The van der Waals surface area contributed by atoms with Crippen LogP contribution in [0.4, 0.5) is 10.5 Å². The van der Waals surface area contributed by atoms with Crippen LogP contribution < -0.4 is 10.6 Å². The fourth-order valence-corrected chi connectivity index (χ4v) is 2.57. The van der Waals surface area contributed by atoms with Gasteiger partial charge < -0.3 is 15.4 Å². The molecule has 2 amide bonds. The van der Waals surface area contributed by atoms with Crippen LogP contribution in [-0.2, 0) is 16.0 Å². The lowest BCUT2D eigenvalue weighted by atomic mass is 10.1. The molecule has 1 aliphatic rings. The second kappa shape index (κ2) is 6.52. The Labute approximate surface area is 134 Å². The van der Waals surface area contributed by atoms with Gasteiger partial charge in [-0.3, -0.25) is 4.79 Å². The highest BCUT2D eigenvalue weighted by Gasteiger charge is 2.23. The molecule has 23 heavy (non-hydrogen) atoms. The van der Waals surface area contributed by atoms with Gasteiger partial charge >= 0.3 is 6.09 Å². The fourth-order valence-electron chi connectivity index (χ4n) is 2.57. The summed E-state index contributed by atoms with van der Waals surface area (Å²) in [5.41, 5.74) is 3.76. The van der Waals surface area contributed by atoms with Crippen LogP contribution in [0.25, 0.3) is 0 Å². The van der Waals surface area contributed by atoms with E-state index in [0.717, 1.165) is 22.4 Å². The molecule has 3 rings (SSSR count). The summed E-state index contributed by atoms with van der Waals surface area (Å²) in [5, 5.41) is 5.49. The summed E-state index contributed by atoms with van der Waals surface area (Å²) in [5.74, 6) is -0.0580. The molecule has 0 aliphatic carbocycles. The number of carbonyl (C=O) groups excluding carboxylic acids is 2. The lowest BCUT2D eigenvalue weighted by molar-refractivity contribution is -0.115. The van der Waals surface area contributed by atoms with Crippen LogP contribution in [0.3, 0.4) is 0 Å². The van der Waals surface area contributed by atoms with Gasteiger partial charge in [-0.2, -0.15) is 0 Å². The second-order valence-corrected chi connectivity index (χ2v) is 5.61. The monoisotopic (exact) mass is 310 g/mol. The maximum atomic E-state index is 12.1. The number of anilines is 1. The normalized spacial score (nSPS) is 16.6. The van der Waals surface area contributed by atoms with Gasteiger partial charge in [0.15, 0.2) is 0 Å². The van der Waals surface area contributed by atoms with Crippen molar-refractivity contribution in [2.45, 2.75) is 19.4 Å². The molecule has 2 aromatic carbocycles. The van der Waals surface area contributed by atoms with Crippen molar-refractivity contribution in [3.8, 4) is 0 Å². The van der Waals surface area contributed by atoms with Gasteiger partial charge in [0.1, 0.15) is 6.10 Å². The van der Waals surface area contributed by atoms with Crippen LogP contribution in [0.15, 0.2) is 48.5 Å². The zero-order valence-corrected chi connectivity index (χ0v) is 12.8. The van der Waals surface area contributed by atoms with E-state index in [9.17, 15) is 9.59 Å². The number of rotatable bonds is 4. The first-order chi connectivity index (χ1) is 11.1. The van der Waals surface area contributed by atoms with Gasteiger partial charge in [-0.25, -0.2) is 4.79 Å². The van der Waals surface area contributed by atoms with E-state index in [4.69, 9.17) is 4.74 Å². The first kappa shape index (κ1) is 15.1. The number of cyclic esters (lactones) is 1. The van der Waals surface area contributed by atoms with E-state index in [1.54, 1.807) is 0 Å². The molecule has 0 radical (unpaired) electrons. The molecule has 2 aromatic rings. The zero-order chi connectivity index (χ0) is 16.2. The van der Waals surface area contributed by atoms with Crippen molar-refractivity contribution in [3.63, 3.8) is 0 Å². The first-order valence-electron chi connectivity index (χ1n) is 7.50. The van der Waals surface area contributed by atoms with E-state index in [1.807, 2.05) is 55.5 Å². The predicted molar refractivity (Wildman–Crippen MR) is 87.2 cm³/mol. The third-order valence-electron chi connectivity index (χ3n) is 3.69. The molecular formula is C18H18N2O3. The molecular weight excluding hydrogens is 292 g/mol. The van der Waals surface area contributed by atoms with Gasteiger partial charge in [-0.05, 0) is 30.2 Å². The van der Waals surface area contributed by atoms with E-state index >= 15 is 0 Å². The number of hydrogen-bond donors (Lipinski definition) is 2. The maximum Gasteiger partial charge on any atom is 0.407 e. The number of ether oxygens (including phenoxy) is 1. The van der Waals surface area contributed by atoms with Gasteiger partial charge in [0.05, 0.1) is 13.0 Å². The van der Waals surface area contributed by atoms with Crippen molar-refractivity contribution in [1.29, 1.82) is 0 Å². The minimum atomic E-state index is -0.398. The molecule has 1 unspecified atom stereocenters. The largest absolute Gasteiger partial charge is 0.439 e. The number of carbonyl (C=O) groups is 2. The van der Waals surface area contributed by atoms with E-state index in [1.165, 1.54) is 0 Å². The predicted octanol–water partition coefficient (Wildman–Crippen LogP) is 2.96. The second-order valence-electron chi connectivity index (χ2n) is 5.61. The van der Waals surface area contributed by atoms with Crippen LogP contribution in [-0.4, -0.2) is 18.5 Å². The van der Waals surface area contributed by atoms with Crippen LogP contribution in [0.2, 0.25) is 0 Å². The molecule has 5 nitrogen and oxygen atoms in total. The molecule has 118 valence electrons. The Balaban J connectivity index is 1.59. The number of alkyl carbamates (subject to hydrolysis) is 1.